The van der Waals surface area contributed by atoms with Gasteiger partial charge < -0.3 is 13.7 Å². The Morgan fingerprint density at radius 3 is 2.06 bits per heavy atom. The van der Waals surface area contributed by atoms with E-state index in [4.69, 9.17) is 23.8 Å². The van der Waals surface area contributed by atoms with E-state index in [0.717, 1.165) is 91.0 Å². The van der Waals surface area contributed by atoms with E-state index >= 15 is 0 Å². The van der Waals surface area contributed by atoms with Crippen molar-refractivity contribution in [1.82, 2.24) is 15.0 Å². The smallest absolute Gasteiger partial charge is 0.163 e. The molecule has 1 atom stereocenters. The molecule has 6 heteroatoms. The van der Waals surface area contributed by atoms with Gasteiger partial charge in [-0.25, -0.2) is 15.0 Å². The van der Waals surface area contributed by atoms with Crippen LogP contribution < -0.4 is 4.90 Å². The summed E-state index contributed by atoms with van der Waals surface area (Å²) in [6, 6.07) is 55.1. The van der Waals surface area contributed by atoms with E-state index < -0.39 is 0 Å². The molecule has 0 saturated carbocycles. The van der Waals surface area contributed by atoms with Gasteiger partial charge in [-0.1, -0.05) is 140 Å². The Kier molecular flexibility index (Phi) is 8.44. The summed E-state index contributed by atoms with van der Waals surface area (Å²) in [5, 5.41) is 4.41. The molecule has 0 spiro atoms. The van der Waals surface area contributed by atoms with Crippen molar-refractivity contribution in [2.45, 2.75) is 31.6 Å². The van der Waals surface area contributed by atoms with Crippen molar-refractivity contribution in [1.29, 1.82) is 0 Å². The van der Waals surface area contributed by atoms with E-state index in [9.17, 15) is 0 Å². The van der Waals surface area contributed by atoms with Crippen LogP contribution in [0, 0.1) is 0 Å². The number of allylic oxidation sites excluding steroid dienone is 7. The maximum atomic E-state index is 6.72. The highest BCUT2D eigenvalue weighted by molar-refractivity contribution is 6.13. The number of benzene rings is 7. The number of furan rings is 2. The molecular weight excluding hydrogens is 785 g/mol. The molecule has 4 heterocycles. The molecule has 6 nitrogen and oxygen atoms in total. The Labute approximate surface area is 369 Å². The molecule has 0 N–H and O–H groups in total. The Bertz CT molecular complexity index is 3630. The maximum absolute atomic E-state index is 6.72. The number of nitrogens with zero attached hydrogens (tertiary/aromatic N) is 4. The van der Waals surface area contributed by atoms with Crippen LogP contribution in [0.3, 0.4) is 0 Å². The lowest BCUT2D eigenvalue weighted by Crippen LogP contribution is -2.21. The van der Waals surface area contributed by atoms with Crippen LogP contribution in [-0.2, 0) is 6.42 Å². The predicted molar refractivity (Wildman–Crippen MR) is 259 cm³/mol. The SMILES string of the molecule is C1=CCC2C(=C1)N(C1=C(c3cccc4oc5cc(Cc6nc(-c7ccccc7)nc(-c7ccc8c(c7)oc7cccc(-c9ccccc9)c78)n6)ccc5c34)CCC=C1)c1ccccc12. The van der Waals surface area contributed by atoms with Crippen molar-refractivity contribution in [3.05, 3.63) is 222 Å². The minimum atomic E-state index is 0.368. The lowest BCUT2D eigenvalue weighted by Gasteiger charge is -2.30. The van der Waals surface area contributed by atoms with Gasteiger partial charge in [0, 0.05) is 62.1 Å². The van der Waals surface area contributed by atoms with E-state index in [1.165, 1.54) is 33.8 Å². The number of hydrogen-bond acceptors (Lipinski definition) is 6. The van der Waals surface area contributed by atoms with Crippen LogP contribution in [0.4, 0.5) is 5.69 Å². The molecule has 0 saturated heterocycles. The molecule has 0 fully saturated rings. The molecule has 0 amide bonds. The summed E-state index contributed by atoms with van der Waals surface area (Å²) in [5.41, 5.74) is 16.4. The van der Waals surface area contributed by atoms with Crippen LogP contribution in [0.5, 0.6) is 0 Å². The van der Waals surface area contributed by atoms with Crippen LogP contribution in [-0.4, -0.2) is 15.0 Å². The molecule has 0 radical (unpaired) electrons. The second-order valence-electron chi connectivity index (χ2n) is 16.9. The monoisotopic (exact) mass is 824 g/mol. The zero-order chi connectivity index (χ0) is 42.1. The lowest BCUT2D eigenvalue weighted by atomic mass is 9.90. The lowest BCUT2D eigenvalue weighted by molar-refractivity contribution is 0.668. The third-order valence-corrected chi connectivity index (χ3v) is 13.1. The minimum Gasteiger partial charge on any atom is -0.456 e. The number of hydrogen-bond donors (Lipinski definition) is 0. The molecule has 3 aromatic heterocycles. The van der Waals surface area contributed by atoms with E-state index in [1.807, 2.05) is 42.5 Å². The highest BCUT2D eigenvalue weighted by Gasteiger charge is 2.36. The van der Waals surface area contributed by atoms with Gasteiger partial charge in [-0.05, 0) is 101 Å². The summed E-state index contributed by atoms with van der Waals surface area (Å²) in [6.07, 6.45) is 14.9. The topological polar surface area (TPSA) is 68.2 Å². The zero-order valence-corrected chi connectivity index (χ0v) is 34.9. The minimum absolute atomic E-state index is 0.368. The Balaban J connectivity index is 0.889. The van der Waals surface area contributed by atoms with Crippen LogP contribution >= 0.6 is 0 Å². The van der Waals surface area contributed by atoms with Crippen LogP contribution in [0.1, 0.15) is 47.7 Å². The first-order chi connectivity index (χ1) is 31.7. The molecule has 3 aliphatic rings. The normalized spacial score (nSPS) is 15.7. The summed E-state index contributed by atoms with van der Waals surface area (Å²) >= 11 is 0. The summed E-state index contributed by atoms with van der Waals surface area (Å²) in [4.78, 5) is 17.7. The molecule has 13 rings (SSSR count). The van der Waals surface area contributed by atoms with Gasteiger partial charge in [0.2, 0.25) is 0 Å². The van der Waals surface area contributed by atoms with Gasteiger partial charge in [0.25, 0.3) is 0 Å². The van der Waals surface area contributed by atoms with Gasteiger partial charge in [-0.15, -0.1) is 0 Å². The molecule has 7 aromatic carbocycles. The van der Waals surface area contributed by atoms with Crippen molar-refractivity contribution in [3.8, 4) is 33.9 Å². The first-order valence-electron chi connectivity index (χ1n) is 22.1. The molecule has 1 aliphatic heterocycles. The first-order valence-corrected chi connectivity index (χ1v) is 22.1. The Morgan fingerprint density at radius 1 is 0.562 bits per heavy atom. The van der Waals surface area contributed by atoms with Crippen molar-refractivity contribution >= 4 is 55.1 Å². The summed E-state index contributed by atoms with van der Waals surface area (Å²) < 4.78 is 13.2. The van der Waals surface area contributed by atoms with Crippen LogP contribution in [0.2, 0.25) is 0 Å². The highest BCUT2D eigenvalue weighted by atomic mass is 16.3. The number of aromatic nitrogens is 3. The van der Waals surface area contributed by atoms with Crippen LogP contribution in [0.15, 0.2) is 208 Å². The summed E-state index contributed by atoms with van der Waals surface area (Å²) in [6.45, 7) is 0. The molecular formula is C58H40N4O2. The van der Waals surface area contributed by atoms with Gasteiger partial charge in [0.05, 0.1) is 0 Å². The molecule has 304 valence electrons. The second kappa shape index (κ2) is 14.8. The third kappa shape index (κ3) is 5.98. The van der Waals surface area contributed by atoms with Crippen molar-refractivity contribution in [3.63, 3.8) is 0 Å². The number of fused-ring (bicyclic) bond motifs is 9. The fraction of sp³-hybridized carbons (Fsp3) is 0.0862. The van der Waals surface area contributed by atoms with E-state index in [0.29, 0.717) is 29.8 Å². The second-order valence-corrected chi connectivity index (χ2v) is 16.9. The Hall–Kier alpha value is -8.09. The average Bonchev–Trinajstić information content (AvgIpc) is 4.03. The van der Waals surface area contributed by atoms with Crippen molar-refractivity contribution < 1.29 is 8.83 Å². The standard InChI is InChI=1S/C58H40N4O2/c1-3-15-37(16-4-1)40-22-13-27-50-55(40)46-32-30-39(35-53(46)64-50)58-60-54(59-57(61-58)38-17-5-2-6-18-38)34-36-29-31-45-52(33-36)63-51-28-14-23-44(56(45)51)43-21-9-12-26-49(43)62-47-24-10-7-19-41(47)42-20-8-11-25-48(42)62/h1-8,10-19,22-33,35,42H,9,20-21,34H2. The van der Waals surface area contributed by atoms with Crippen molar-refractivity contribution in [2.24, 2.45) is 0 Å². The molecule has 2 aliphatic carbocycles. The molecule has 1 unspecified atom stereocenters. The molecule has 64 heavy (non-hydrogen) atoms. The van der Waals surface area contributed by atoms with Gasteiger partial charge in [0.1, 0.15) is 28.2 Å². The molecule has 10 aromatic rings. The van der Waals surface area contributed by atoms with E-state index in [2.05, 4.69) is 151 Å². The highest BCUT2D eigenvalue weighted by Crippen LogP contribution is 2.51. The largest absolute Gasteiger partial charge is 0.456 e. The summed E-state index contributed by atoms with van der Waals surface area (Å²) in [7, 11) is 0. The van der Waals surface area contributed by atoms with E-state index in [1.54, 1.807) is 0 Å². The van der Waals surface area contributed by atoms with Gasteiger partial charge in [-0.2, -0.15) is 0 Å². The summed E-state index contributed by atoms with van der Waals surface area (Å²) in [5.74, 6) is 2.27. The quantitative estimate of drug-likeness (QED) is 0.159. The number of anilines is 1. The average molecular weight is 825 g/mol. The Morgan fingerprint density at radius 2 is 1.25 bits per heavy atom. The van der Waals surface area contributed by atoms with E-state index in [-0.39, 0.29) is 0 Å². The zero-order valence-electron chi connectivity index (χ0n) is 34.9. The first kappa shape index (κ1) is 36.6. The van der Waals surface area contributed by atoms with Crippen LogP contribution in [0.25, 0.3) is 83.4 Å². The van der Waals surface area contributed by atoms with Crippen molar-refractivity contribution in [2.75, 3.05) is 4.90 Å². The number of rotatable bonds is 7. The van der Waals surface area contributed by atoms with Gasteiger partial charge in [-0.3, -0.25) is 0 Å². The maximum Gasteiger partial charge on any atom is 0.163 e. The number of para-hydroxylation sites is 1. The predicted octanol–water partition coefficient (Wildman–Crippen LogP) is 14.8. The third-order valence-electron chi connectivity index (χ3n) is 13.1. The van der Waals surface area contributed by atoms with Gasteiger partial charge in [0.15, 0.2) is 11.6 Å². The fourth-order valence-corrected chi connectivity index (χ4v) is 10.2. The molecule has 0 bridgehead atoms. The van der Waals surface area contributed by atoms with Gasteiger partial charge >= 0.3 is 0 Å². The fourth-order valence-electron chi connectivity index (χ4n) is 10.2.